The summed E-state index contributed by atoms with van der Waals surface area (Å²) in [5.74, 6) is 0. The highest BCUT2D eigenvalue weighted by molar-refractivity contribution is 6.12. The van der Waals surface area contributed by atoms with Crippen molar-refractivity contribution in [3.8, 4) is 0 Å². The second-order valence-corrected chi connectivity index (χ2v) is 1.89. The summed E-state index contributed by atoms with van der Waals surface area (Å²) < 4.78 is 1.60. The summed E-state index contributed by atoms with van der Waals surface area (Å²) >= 11 is 5.56. The zero-order valence-corrected chi connectivity index (χ0v) is 5.74. The molecule has 0 aromatic carbocycles. The molecule has 0 fully saturated rings. The van der Waals surface area contributed by atoms with E-state index in [-0.39, 0.29) is 0 Å². The van der Waals surface area contributed by atoms with Gasteiger partial charge in [0.1, 0.15) is 0 Å². The van der Waals surface area contributed by atoms with Crippen LogP contribution in [0.4, 0.5) is 0 Å². The van der Waals surface area contributed by atoms with Crippen LogP contribution in [0.25, 0.3) is 0 Å². The van der Waals surface area contributed by atoms with Crippen LogP contribution in [0.15, 0.2) is 0 Å². The van der Waals surface area contributed by atoms with Crippen molar-refractivity contribution in [1.29, 1.82) is 0 Å². The fourth-order valence-electron chi connectivity index (χ4n) is 0.283. The Morgan fingerprint density at radius 1 is 1.43 bits per heavy atom. The molecule has 0 aliphatic rings. The van der Waals surface area contributed by atoms with E-state index in [1.54, 1.807) is 4.53 Å². The van der Waals surface area contributed by atoms with Crippen LogP contribution >= 0.6 is 11.8 Å². The van der Waals surface area contributed by atoms with Crippen LogP contribution in [0.1, 0.15) is 6.92 Å². The van der Waals surface area contributed by atoms with E-state index in [0.29, 0.717) is 0 Å². The van der Waals surface area contributed by atoms with Crippen molar-refractivity contribution in [3.63, 3.8) is 0 Å². The first-order valence-electron chi connectivity index (χ1n) is 2.29. The first kappa shape index (κ1) is 7.21. The molecule has 0 radical (unpaired) electrons. The van der Waals surface area contributed by atoms with Gasteiger partial charge >= 0.3 is 0 Å². The standard InChI is InChI=1S/C4H11ClN2/c1-4-7(5)6(2)3/h4H2,1-3H3. The van der Waals surface area contributed by atoms with Gasteiger partial charge in [0.25, 0.3) is 0 Å². The molecule has 2 nitrogen and oxygen atoms in total. The molecule has 7 heavy (non-hydrogen) atoms. The third kappa shape index (κ3) is 2.85. The zero-order chi connectivity index (χ0) is 5.86. The summed E-state index contributed by atoms with van der Waals surface area (Å²) in [6.07, 6.45) is 0. The van der Waals surface area contributed by atoms with Crippen LogP contribution in [0.5, 0.6) is 0 Å². The van der Waals surface area contributed by atoms with Crippen molar-refractivity contribution in [2.75, 3.05) is 20.6 Å². The molecule has 3 heteroatoms. The number of hydrazine groups is 1. The number of hydrogen-bond acceptors (Lipinski definition) is 2. The van der Waals surface area contributed by atoms with Gasteiger partial charge in [0.05, 0.1) is 0 Å². The molecule has 0 saturated carbocycles. The monoisotopic (exact) mass is 122 g/mol. The van der Waals surface area contributed by atoms with Crippen LogP contribution in [0.3, 0.4) is 0 Å². The van der Waals surface area contributed by atoms with E-state index in [9.17, 15) is 0 Å². The second kappa shape index (κ2) is 3.24. The van der Waals surface area contributed by atoms with E-state index in [1.165, 1.54) is 0 Å². The van der Waals surface area contributed by atoms with Crippen molar-refractivity contribution in [2.24, 2.45) is 0 Å². The minimum Gasteiger partial charge on any atom is -0.234 e. The molecule has 0 spiro atoms. The number of hydrogen-bond donors (Lipinski definition) is 0. The highest BCUT2D eigenvalue weighted by Crippen LogP contribution is 1.92. The Morgan fingerprint density at radius 3 is 1.86 bits per heavy atom. The van der Waals surface area contributed by atoms with Gasteiger partial charge in [-0.1, -0.05) is 0 Å². The molecule has 0 rings (SSSR count). The fraction of sp³-hybridized carbons (Fsp3) is 1.00. The highest BCUT2D eigenvalue weighted by Gasteiger charge is 1.94. The van der Waals surface area contributed by atoms with Gasteiger partial charge in [0, 0.05) is 20.6 Å². The minimum atomic E-state index is 0.842. The lowest BCUT2D eigenvalue weighted by atomic mass is 10.8. The average Bonchev–Trinajstić information content (AvgIpc) is 1.65. The molecular formula is C4H11ClN2. The predicted octanol–water partition coefficient (Wildman–Crippen LogP) is 0.939. The Balaban J connectivity index is 3.14. The van der Waals surface area contributed by atoms with Crippen molar-refractivity contribution in [2.45, 2.75) is 6.92 Å². The Kier molecular flexibility index (Phi) is 3.34. The smallest absolute Gasteiger partial charge is 0.0270 e. The average molecular weight is 123 g/mol. The third-order valence-electron chi connectivity index (χ3n) is 0.695. The van der Waals surface area contributed by atoms with Crippen LogP contribution in [0, 0.1) is 0 Å². The van der Waals surface area contributed by atoms with Gasteiger partial charge in [-0.05, 0) is 18.7 Å². The molecule has 0 saturated heterocycles. The quantitative estimate of drug-likeness (QED) is 0.397. The second-order valence-electron chi connectivity index (χ2n) is 1.50. The van der Waals surface area contributed by atoms with E-state index < -0.39 is 0 Å². The van der Waals surface area contributed by atoms with Crippen molar-refractivity contribution in [3.05, 3.63) is 0 Å². The zero-order valence-electron chi connectivity index (χ0n) is 4.98. The molecule has 0 unspecified atom stereocenters. The lowest BCUT2D eigenvalue weighted by molar-refractivity contribution is 0.140. The Bertz CT molecular complexity index is 47.0. The van der Waals surface area contributed by atoms with Crippen molar-refractivity contribution in [1.82, 2.24) is 9.54 Å². The van der Waals surface area contributed by atoms with E-state index in [4.69, 9.17) is 11.8 Å². The Labute approximate surface area is 49.7 Å². The van der Waals surface area contributed by atoms with Gasteiger partial charge in [0.15, 0.2) is 0 Å². The molecule has 0 heterocycles. The molecular weight excluding hydrogens is 112 g/mol. The third-order valence-corrected chi connectivity index (χ3v) is 1.24. The van der Waals surface area contributed by atoms with Crippen LogP contribution < -0.4 is 0 Å². The van der Waals surface area contributed by atoms with Gasteiger partial charge in [-0.25, -0.2) is 5.01 Å². The summed E-state index contributed by atoms with van der Waals surface area (Å²) in [4.78, 5) is 0. The molecule has 0 aromatic rings. The number of nitrogens with zero attached hydrogens (tertiary/aromatic N) is 2. The normalized spacial score (nSPS) is 11.1. The first-order valence-corrected chi connectivity index (χ1v) is 2.62. The van der Waals surface area contributed by atoms with E-state index >= 15 is 0 Å². The molecule has 0 amide bonds. The minimum absolute atomic E-state index is 0.842. The molecule has 44 valence electrons. The molecule has 0 aliphatic carbocycles. The summed E-state index contributed by atoms with van der Waals surface area (Å²) in [6.45, 7) is 2.83. The van der Waals surface area contributed by atoms with E-state index in [2.05, 4.69) is 0 Å². The van der Waals surface area contributed by atoms with Crippen LogP contribution in [0.2, 0.25) is 0 Å². The highest BCUT2D eigenvalue weighted by atomic mass is 35.5. The first-order chi connectivity index (χ1) is 3.18. The Morgan fingerprint density at radius 2 is 1.86 bits per heavy atom. The SMILES string of the molecule is CCN(Cl)N(C)C. The molecule has 0 aromatic heterocycles. The number of halogens is 1. The van der Waals surface area contributed by atoms with E-state index in [1.807, 2.05) is 26.0 Å². The largest absolute Gasteiger partial charge is 0.234 e. The van der Waals surface area contributed by atoms with Gasteiger partial charge in [0.2, 0.25) is 0 Å². The fourth-order valence-corrected chi connectivity index (χ4v) is 0.283. The maximum Gasteiger partial charge on any atom is 0.0270 e. The Hall–Kier alpha value is 0.210. The molecule has 0 aliphatic heterocycles. The lowest BCUT2D eigenvalue weighted by Crippen LogP contribution is -2.27. The molecule has 0 N–H and O–H groups in total. The van der Waals surface area contributed by atoms with Gasteiger partial charge < -0.3 is 0 Å². The van der Waals surface area contributed by atoms with Gasteiger partial charge in [-0.3, -0.25) is 0 Å². The predicted molar refractivity (Wildman–Crippen MR) is 31.9 cm³/mol. The number of rotatable bonds is 2. The van der Waals surface area contributed by atoms with Crippen LogP contribution in [-0.2, 0) is 0 Å². The summed E-state index contributed by atoms with van der Waals surface area (Å²) in [7, 11) is 3.80. The summed E-state index contributed by atoms with van der Waals surface area (Å²) in [6, 6.07) is 0. The van der Waals surface area contributed by atoms with E-state index in [0.717, 1.165) is 6.54 Å². The molecule has 0 atom stereocenters. The molecule has 0 bridgehead atoms. The lowest BCUT2D eigenvalue weighted by Gasteiger charge is -2.17. The summed E-state index contributed by atoms with van der Waals surface area (Å²) in [5.41, 5.74) is 0. The van der Waals surface area contributed by atoms with Gasteiger partial charge in [-0.15, -0.1) is 0 Å². The van der Waals surface area contributed by atoms with Crippen molar-refractivity contribution >= 4 is 11.8 Å². The topological polar surface area (TPSA) is 6.48 Å². The van der Waals surface area contributed by atoms with Crippen molar-refractivity contribution < 1.29 is 0 Å². The summed E-state index contributed by atoms with van der Waals surface area (Å²) in [5, 5.41) is 1.82. The van der Waals surface area contributed by atoms with Gasteiger partial charge in [-0.2, -0.15) is 4.53 Å². The maximum atomic E-state index is 5.56. The maximum absolute atomic E-state index is 5.56. The van der Waals surface area contributed by atoms with Crippen LogP contribution in [-0.4, -0.2) is 30.2 Å².